The Balaban J connectivity index is 0.00000306. The first-order chi connectivity index (χ1) is 15.7. The third-order valence-corrected chi connectivity index (χ3v) is 6.55. The molecular weight excluding hydrogens is 525 g/mol. The number of aliphatic imine (C=N–C) groups is 1. The normalized spacial score (nSPS) is 18.9. The Morgan fingerprint density at radius 2 is 1.73 bits per heavy atom. The highest BCUT2D eigenvalue weighted by Gasteiger charge is 2.24. The number of carbonyl (C=O) groups is 1. The van der Waals surface area contributed by atoms with Crippen LogP contribution in [-0.2, 0) is 24.4 Å². The van der Waals surface area contributed by atoms with Crippen molar-refractivity contribution < 1.29 is 4.79 Å². The van der Waals surface area contributed by atoms with Crippen LogP contribution in [0, 0.1) is 0 Å². The van der Waals surface area contributed by atoms with Crippen LogP contribution in [0.15, 0.2) is 59.6 Å². The van der Waals surface area contributed by atoms with Crippen molar-refractivity contribution in [2.45, 2.75) is 51.4 Å². The Labute approximate surface area is 214 Å². The van der Waals surface area contributed by atoms with Gasteiger partial charge in [0, 0.05) is 52.2 Å². The summed E-state index contributed by atoms with van der Waals surface area (Å²) >= 11 is 0. The van der Waals surface area contributed by atoms with Gasteiger partial charge in [-0.25, -0.2) is 0 Å². The van der Waals surface area contributed by atoms with Crippen molar-refractivity contribution in [2.75, 3.05) is 26.7 Å². The first-order valence-corrected chi connectivity index (χ1v) is 11.8. The van der Waals surface area contributed by atoms with Gasteiger partial charge in [-0.1, -0.05) is 54.6 Å². The van der Waals surface area contributed by atoms with Gasteiger partial charge in [-0.05, 0) is 42.5 Å². The number of hydrogen-bond acceptors (Lipinski definition) is 3. The predicted octanol–water partition coefficient (Wildman–Crippen LogP) is 3.76. The molecule has 6 nitrogen and oxygen atoms in total. The summed E-state index contributed by atoms with van der Waals surface area (Å²) in [4.78, 5) is 21.0. The molecule has 0 spiro atoms. The van der Waals surface area contributed by atoms with Crippen molar-refractivity contribution >= 4 is 35.8 Å². The molecule has 2 aromatic rings. The Hall–Kier alpha value is -2.13. The molecule has 7 heteroatoms. The van der Waals surface area contributed by atoms with Gasteiger partial charge in [-0.3, -0.25) is 14.7 Å². The fourth-order valence-electron chi connectivity index (χ4n) is 4.73. The van der Waals surface area contributed by atoms with Crippen molar-refractivity contribution in [1.29, 1.82) is 0 Å². The first kappa shape index (κ1) is 25.5. The summed E-state index contributed by atoms with van der Waals surface area (Å²) < 4.78 is 0. The molecule has 1 amide bonds. The average Bonchev–Trinajstić information content (AvgIpc) is 3.44. The maximum absolute atomic E-state index is 12.0. The van der Waals surface area contributed by atoms with E-state index in [9.17, 15) is 4.79 Å². The molecular formula is C26H36IN5O. The predicted molar refractivity (Wildman–Crippen MR) is 145 cm³/mol. The summed E-state index contributed by atoms with van der Waals surface area (Å²) in [5, 5.41) is 7.00. The molecule has 33 heavy (non-hydrogen) atoms. The minimum Gasteiger partial charge on any atom is -0.355 e. The molecule has 178 valence electrons. The molecule has 0 bridgehead atoms. The van der Waals surface area contributed by atoms with E-state index in [2.05, 4.69) is 69.1 Å². The third kappa shape index (κ3) is 7.17. The monoisotopic (exact) mass is 561 g/mol. The molecule has 1 unspecified atom stereocenters. The fourth-order valence-corrected chi connectivity index (χ4v) is 4.73. The standard InChI is InChI=1S/C26H35N5O.HI/c1-27-26(29-18-24-13-7-15-30(24)19-21-9-3-2-4-10-21)28-17-22-11-5-6-12-23(22)20-31-16-8-14-25(31)32;/h2-6,9-12,24H,7-8,13-20H2,1H3,(H2,27,28,29);1H. The Morgan fingerprint density at radius 1 is 0.970 bits per heavy atom. The van der Waals surface area contributed by atoms with E-state index in [0.29, 0.717) is 25.6 Å². The van der Waals surface area contributed by atoms with Gasteiger partial charge in [-0.2, -0.15) is 0 Å². The zero-order valence-electron chi connectivity index (χ0n) is 19.5. The van der Waals surface area contributed by atoms with Crippen LogP contribution < -0.4 is 10.6 Å². The van der Waals surface area contributed by atoms with E-state index >= 15 is 0 Å². The summed E-state index contributed by atoms with van der Waals surface area (Å²) in [6, 6.07) is 19.6. The van der Waals surface area contributed by atoms with Crippen molar-refractivity contribution in [3.05, 3.63) is 71.3 Å². The lowest BCUT2D eigenvalue weighted by Gasteiger charge is -2.25. The first-order valence-electron chi connectivity index (χ1n) is 11.8. The van der Waals surface area contributed by atoms with Crippen LogP contribution in [0.1, 0.15) is 42.4 Å². The minimum atomic E-state index is 0. The number of carbonyl (C=O) groups excluding carboxylic acids is 1. The highest BCUT2D eigenvalue weighted by atomic mass is 127. The SMILES string of the molecule is CN=C(NCc1ccccc1CN1CCCC1=O)NCC1CCCN1Cc1ccccc1.I. The van der Waals surface area contributed by atoms with Crippen LogP contribution in [0.3, 0.4) is 0 Å². The Bertz CT molecular complexity index is 920. The molecule has 0 aromatic heterocycles. The number of halogens is 1. The lowest BCUT2D eigenvalue weighted by atomic mass is 10.1. The van der Waals surface area contributed by atoms with Crippen molar-refractivity contribution in [2.24, 2.45) is 4.99 Å². The van der Waals surface area contributed by atoms with Crippen LogP contribution in [-0.4, -0.2) is 54.4 Å². The molecule has 2 heterocycles. The number of nitrogens with one attached hydrogen (secondary N) is 2. The third-order valence-electron chi connectivity index (χ3n) is 6.55. The highest BCUT2D eigenvalue weighted by molar-refractivity contribution is 14.0. The van der Waals surface area contributed by atoms with E-state index < -0.39 is 0 Å². The molecule has 0 aliphatic carbocycles. The van der Waals surface area contributed by atoms with E-state index in [1.807, 2.05) is 18.0 Å². The number of likely N-dealkylation sites (tertiary alicyclic amines) is 2. The Kier molecular flexibility index (Phi) is 9.99. The highest BCUT2D eigenvalue weighted by Crippen LogP contribution is 2.20. The minimum absolute atomic E-state index is 0. The van der Waals surface area contributed by atoms with Crippen LogP contribution in [0.4, 0.5) is 0 Å². The Morgan fingerprint density at radius 3 is 2.45 bits per heavy atom. The van der Waals surface area contributed by atoms with Crippen LogP contribution in [0.25, 0.3) is 0 Å². The quantitative estimate of drug-likeness (QED) is 0.293. The molecule has 0 radical (unpaired) electrons. The van der Waals surface area contributed by atoms with E-state index in [1.54, 1.807) is 0 Å². The van der Waals surface area contributed by atoms with E-state index in [1.165, 1.54) is 29.5 Å². The van der Waals surface area contributed by atoms with E-state index in [-0.39, 0.29) is 29.9 Å². The van der Waals surface area contributed by atoms with Crippen LogP contribution >= 0.6 is 24.0 Å². The molecule has 1 atom stereocenters. The van der Waals surface area contributed by atoms with Crippen molar-refractivity contribution in [1.82, 2.24) is 20.4 Å². The lowest BCUT2D eigenvalue weighted by molar-refractivity contribution is -0.128. The molecule has 2 fully saturated rings. The number of nitrogens with zero attached hydrogens (tertiary/aromatic N) is 3. The molecule has 2 N–H and O–H groups in total. The summed E-state index contributed by atoms with van der Waals surface area (Å²) in [6.07, 6.45) is 4.11. The van der Waals surface area contributed by atoms with Gasteiger partial charge < -0.3 is 15.5 Å². The zero-order chi connectivity index (χ0) is 22.2. The fraction of sp³-hybridized carbons (Fsp3) is 0.462. The summed E-state index contributed by atoms with van der Waals surface area (Å²) in [5.41, 5.74) is 3.78. The molecule has 0 saturated carbocycles. The second kappa shape index (κ2) is 12.9. The molecule has 2 aliphatic heterocycles. The second-order valence-electron chi connectivity index (χ2n) is 8.75. The van der Waals surface area contributed by atoms with Gasteiger partial charge in [0.2, 0.25) is 5.91 Å². The topological polar surface area (TPSA) is 60.0 Å². The van der Waals surface area contributed by atoms with E-state index in [4.69, 9.17) is 0 Å². The van der Waals surface area contributed by atoms with Gasteiger partial charge in [0.15, 0.2) is 5.96 Å². The van der Waals surface area contributed by atoms with Crippen molar-refractivity contribution in [3.8, 4) is 0 Å². The van der Waals surface area contributed by atoms with Gasteiger partial charge in [0.1, 0.15) is 0 Å². The largest absolute Gasteiger partial charge is 0.355 e. The number of guanidine groups is 1. The molecule has 4 rings (SSSR count). The zero-order valence-corrected chi connectivity index (χ0v) is 21.8. The summed E-state index contributed by atoms with van der Waals surface area (Å²) in [6.45, 7) is 5.29. The number of hydrogen-bond donors (Lipinski definition) is 2. The summed E-state index contributed by atoms with van der Waals surface area (Å²) in [5.74, 6) is 1.09. The van der Waals surface area contributed by atoms with Gasteiger partial charge in [-0.15, -0.1) is 24.0 Å². The average molecular weight is 562 g/mol. The summed E-state index contributed by atoms with van der Waals surface area (Å²) in [7, 11) is 1.82. The molecule has 2 aliphatic rings. The van der Waals surface area contributed by atoms with Gasteiger partial charge in [0.25, 0.3) is 0 Å². The van der Waals surface area contributed by atoms with Crippen LogP contribution in [0.2, 0.25) is 0 Å². The maximum atomic E-state index is 12.0. The van der Waals surface area contributed by atoms with Crippen LogP contribution in [0.5, 0.6) is 0 Å². The van der Waals surface area contributed by atoms with Crippen molar-refractivity contribution in [3.63, 3.8) is 0 Å². The number of amides is 1. The smallest absolute Gasteiger partial charge is 0.222 e. The molecule has 2 aromatic carbocycles. The van der Waals surface area contributed by atoms with E-state index in [0.717, 1.165) is 38.6 Å². The van der Waals surface area contributed by atoms with Gasteiger partial charge in [0.05, 0.1) is 0 Å². The number of rotatable bonds is 8. The van der Waals surface area contributed by atoms with Gasteiger partial charge >= 0.3 is 0 Å². The lowest BCUT2D eigenvalue weighted by Crippen LogP contribution is -2.44. The maximum Gasteiger partial charge on any atom is 0.222 e. The molecule has 2 saturated heterocycles. The second-order valence-corrected chi connectivity index (χ2v) is 8.75. The number of benzene rings is 2.